The molecule has 17 unspecified atom stereocenters. The highest BCUT2D eigenvalue weighted by Crippen LogP contribution is 2.33. The van der Waals surface area contributed by atoms with Crippen molar-refractivity contribution in [1.29, 1.82) is 0 Å². The van der Waals surface area contributed by atoms with Gasteiger partial charge >= 0.3 is 0 Å². The molecule has 0 bridgehead atoms. The first-order chi connectivity index (χ1) is 40.3. The van der Waals surface area contributed by atoms with Crippen molar-refractivity contribution in [2.45, 2.75) is 349 Å². The quantitative estimate of drug-likeness (QED) is 0.0207. The molecular formula is C64H119NO18. The average molecular weight is 1190 g/mol. The van der Waals surface area contributed by atoms with Gasteiger partial charge in [0.2, 0.25) is 5.91 Å². The average Bonchev–Trinajstić information content (AvgIpc) is 3.34. The third-order valence-corrected chi connectivity index (χ3v) is 16.8. The maximum Gasteiger partial charge on any atom is 0.220 e. The van der Waals surface area contributed by atoms with E-state index in [2.05, 4.69) is 31.3 Å². The first-order valence-corrected chi connectivity index (χ1v) is 33.1. The van der Waals surface area contributed by atoms with E-state index in [0.717, 1.165) is 38.5 Å². The summed E-state index contributed by atoms with van der Waals surface area (Å²) in [6.45, 7) is 1.70. The highest BCUT2D eigenvalue weighted by molar-refractivity contribution is 5.76. The summed E-state index contributed by atoms with van der Waals surface area (Å²) in [5.74, 6) is -0.282. The molecule has 12 N–H and O–H groups in total. The minimum absolute atomic E-state index is 0.240. The molecule has 0 spiro atoms. The maximum atomic E-state index is 13.3. The number of aliphatic hydroxyl groups excluding tert-OH is 11. The van der Waals surface area contributed by atoms with Crippen LogP contribution in [0, 0.1) is 0 Å². The Morgan fingerprint density at radius 1 is 0.422 bits per heavy atom. The van der Waals surface area contributed by atoms with E-state index in [1.807, 2.05) is 6.08 Å². The van der Waals surface area contributed by atoms with Crippen LogP contribution in [0.4, 0.5) is 0 Å². The van der Waals surface area contributed by atoms with Crippen LogP contribution in [-0.2, 0) is 33.2 Å². The fraction of sp³-hybridized carbons (Fsp3) is 0.922. The summed E-state index contributed by atoms with van der Waals surface area (Å²) >= 11 is 0. The molecule has 0 aromatic rings. The molecule has 3 saturated heterocycles. The van der Waals surface area contributed by atoms with Gasteiger partial charge in [-0.3, -0.25) is 4.79 Å². The molecule has 3 aliphatic rings. The minimum Gasteiger partial charge on any atom is -0.394 e. The second-order valence-corrected chi connectivity index (χ2v) is 23.9. The number of unbranched alkanes of at least 4 members (excludes halogenated alkanes) is 32. The second-order valence-electron chi connectivity index (χ2n) is 23.9. The van der Waals surface area contributed by atoms with Crippen molar-refractivity contribution in [3.8, 4) is 0 Å². The lowest BCUT2D eigenvalue weighted by atomic mass is 9.96. The number of nitrogens with one attached hydrogen (secondary N) is 1. The lowest BCUT2D eigenvalue weighted by molar-refractivity contribution is -0.379. The smallest absolute Gasteiger partial charge is 0.220 e. The molecule has 17 atom stereocenters. The van der Waals surface area contributed by atoms with E-state index in [-0.39, 0.29) is 18.9 Å². The van der Waals surface area contributed by atoms with Crippen molar-refractivity contribution in [1.82, 2.24) is 5.32 Å². The van der Waals surface area contributed by atoms with Crippen molar-refractivity contribution in [2.24, 2.45) is 0 Å². The summed E-state index contributed by atoms with van der Waals surface area (Å²) in [6, 6.07) is -0.985. The number of amides is 1. The molecular weight excluding hydrogens is 1070 g/mol. The van der Waals surface area contributed by atoms with Crippen LogP contribution in [0.15, 0.2) is 24.3 Å². The number of allylic oxidation sites excluding steroid dienone is 3. The zero-order chi connectivity index (χ0) is 60.5. The van der Waals surface area contributed by atoms with Gasteiger partial charge in [0.25, 0.3) is 0 Å². The zero-order valence-electron chi connectivity index (χ0n) is 51.2. The number of hydrogen-bond acceptors (Lipinski definition) is 18. The molecule has 0 aliphatic carbocycles. The molecule has 0 radical (unpaired) electrons. The van der Waals surface area contributed by atoms with Gasteiger partial charge in [-0.1, -0.05) is 231 Å². The highest BCUT2D eigenvalue weighted by atomic mass is 16.8. The van der Waals surface area contributed by atoms with Crippen LogP contribution in [0.2, 0.25) is 0 Å². The molecule has 19 nitrogen and oxygen atoms in total. The minimum atomic E-state index is -1.98. The van der Waals surface area contributed by atoms with Crippen LogP contribution in [0.25, 0.3) is 0 Å². The Labute approximate surface area is 498 Å². The second kappa shape index (κ2) is 47.3. The van der Waals surface area contributed by atoms with Crippen molar-refractivity contribution in [2.75, 3.05) is 26.4 Å². The lowest BCUT2D eigenvalue weighted by Gasteiger charge is -2.48. The Bertz CT molecular complexity index is 1610. The van der Waals surface area contributed by atoms with E-state index in [9.17, 15) is 61.0 Å². The van der Waals surface area contributed by atoms with Gasteiger partial charge in [0.15, 0.2) is 18.9 Å². The third kappa shape index (κ3) is 30.4. The molecule has 83 heavy (non-hydrogen) atoms. The van der Waals surface area contributed by atoms with E-state index >= 15 is 0 Å². The van der Waals surface area contributed by atoms with Crippen LogP contribution >= 0.6 is 0 Å². The van der Waals surface area contributed by atoms with Crippen LogP contribution in [0.5, 0.6) is 0 Å². The third-order valence-electron chi connectivity index (χ3n) is 16.8. The SMILES string of the molecule is CCCCCCCC/C=C/CC/C=C/C(O)C(COC1OC(CO)C(OC2OC(CO)C(OC3OC(CO)C(O)C(O)C3O)C(O)C2O)C(O)C1O)NC(=O)CCCCCCCCCCCCCCCCCCCCCCCCCCCC. The van der Waals surface area contributed by atoms with Gasteiger partial charge in [-0.15, -0.1) is 0 Å². The molecule has 1 amide bonds. The van der Waals surface area contributed by atoms with E-state index < -0.39 is 124 Å². The van der Waals surface area contributed by atoms with Crippen LogP contribution in [-0.4, -0.2) is 193 Å². The van der Waals surface area contributed by atoms with Gasteiger partial charge in [0, 0.05) is 6.42 Å². The monoisotopic (exact) mass is 1190 g/mol. The Morgan fingerprint density at radius 2 is 0.771 bits per heavy atom. The Hall–Kier alpha value is -1.73. The van der Waals surface area contributed by atoms with Crippen molar-refractivity contribution < 1.29 is 89.4 Å². The largest absolute Gasteiger partial charge is 0.394 e. The molecule has 3 fully saturated rings. The van der Waals surface area contributed by atoms with Gasteiger partial charge in [-0.2, -0.15) is 0 Å². The first kappa shape index (κ1) is 75.5. The molecule has 0 aromatic carbocycles. The summed E-state index contributed by atoms with van der Waals surface area (Å²) in [6.07, 6.45) is 24.7. The summed E-state index contributed by atoms with van der Waals surface area (Å²) in [5, 5.41) is 120. The Morgan fingerprint density at radius 3 is 1.20 bits per heavy atom. The molecule has 3 rings (SSSR count). The number of rotatable bonds is 50. The van der Waals surface area contributed by atoms with E-state index in [1.54, 1.807) is 6.08 Å². The van der Waals surface area contributed by atoms with Gasteiger partial charge in [-0.25, -0.2) is 0 Å². The fourth-order valence-electron chi connectivity index (χ4n) is 11.3. The number of aliphatic hydroxyl groups is 11. The van der Waals surface area contributed by atoms with Crippen molar-refractivity contribution >= 4 is 5.91 Å². The Kier molecular flexibility index (Phi) is 43.0. The number of carbonyl (C=O) groups is 1. The highest BCUT2D eigenvalue weighted by Gasteiger charge is 2.53. The zero-order valence-corrected chi connectivity index (χ0v) is 51.2. The van der Waals surface area contributed by atoms with Gasteiger partial charge in [0.05, 0.1) is 38.6 Å². The molecule has 0 aromatic heterocycles. The molecule has 3 aliphatic heterocycles. The summed E-state index contributed by atoms with van der Waals surface area (Å²) < 4.78 is 34.2. The standard InChI is InChI=1S/C64H119NO18/c1-3-5-7-9-11-13-15-17-18-19-20-21-22-23-24-25-26-27-28-29-30-32-34-36-38-40-42-52(70)65-47(48(69)41-39-37-35-33-31-16-14-12-10-8-6-4-2)46-78-62-58(76)55(73)60(50(44-67)80-62)83-64-59(77)56(74)61(51(45-68)81-64)82-63-57(75)54(72)53(71)49(43-66)79-63/h31,33,39,41,47-51,53-64,66-69,71-77H,3-30,32,34-38,40,42-46H2,1-2H3,(H,65,70)/b33-31+,41-39+. The molecule has 3 heterocycles. The van der Waals surface area contributed by atoms with Gasteiger partial charge < -0.3 is 89.9 Å². The topological polar surface area (TPSA) is 307 Å². The van der Waals surface area contributed by atoms with Crippen LogP contribution in [0.1, 0.15) is 245 Å². The summed E-state index contributed by atoms with van der Waals surface area (Å²) in [4.78, 5) is 13.3. The van der Waals surface area contributed by atoms with Gasteiger partial charge in [0.1, 0.15) is 73.2 Å². The number of carbonyl (C=O) groups excluding carboxylic acids is 1. The first-order valence-electron chi connectivity index (χ1n) is 33.1. The Balaban J connectivity index is 1.41. The molecule has 0 saturated carbocycles. The number of ether oxygens (including phenoxy) is 6. The maximum absolute atomic E-state index is 13.3. The van der Waals surface area contributed by atoms with Crippen LogP contribution < -0.4 is 5.32 Å². The van der Waals surface area contributed by atoms with E-state index in [0.29, 0.717) is 12.8 Å². The molecule has 19 heteroatoms. The van der Waals surface area contributed by atoms with E-state index in [1.165, 1.54) is 173 Å². The van der Waals surface area contributed by atoms with E-state index in [4.69, 9.17) is 28.4 Å². The normalized spacial score (nSPS) is 29.5. The lowest BCUT2D eigenvalue weighted by Crippen LogP contribution is -2.66. The predicted molar refractivity (Wildman–Crippen MR) is 319 cm³/mol. The van der Waals surface area contributed by atoms with Gasteiger partial charge in [-0.05, 0) is 32.1 Å². The summed E-state index contributed by atoms with van der Waals surface area (Å²) in [5.41, 5.74) is 0. The fourth-order valence-corrected chi connectivity index (χ4v) is 11.3. The predicted octanol–water partition coefficient (Wildman–Crippen LogP) is 7.49. The van der Waals surface area contributed by atoms with Crippen molar-refractivity contribution in [3.63, 3.8) is 0 Å². The van der Waals surface area contributed by atoms with Crippen molar-refractivity contribution in [3.05, 3.63) is 24.3 Å². The van der Waals surface area contributed by atoms with Crippen LogP contribution in [0.3, 0.4) is 0 Å². The molecule has 488 valence electrons. The summed E-state index contributed by atoms with van der Waals surface area (Å²) in [7, 11) is 0. The number of hydrogen-bond donors (Lipinski definition) is 12.